The van der Waals surface area contributed by atoms with E-state index in [9.17, 15) is 9.59 Å². The molecule has 3 aromatic carbocycles. The first-order chi connectivity index (χ1) is 11.1. The highest BCUT2D eigenvalue weighted by Gasteiger charge is 2.11. The van der Waals surface area contributed by atoms with Gasteiger partial charge in [-0.1, -0.05) is 40.2 Å². The highest BCUT2D eigenvalue weighted by Crippen LogP contribution is 2.26. The minimum atomic E-state index is -0.177. The lowest BCUT2D eigenvalue weighted by atomic mass is 10.0. The number of carbonyl (C=O) groups is 2. The molecule has 23 heavy (non-hydrogen) atoms. The molecule has 0 fully saturated rings. The van der Waals surface area contributed by atoms with Gasteiger partial charge in [-0.05, 0) is 54.1 Å². The highest BCUT2D eigenvalue weighted by molar-refractivity contribution is 9.10. The van der Waals surface area contributed by atoms with E-state index in [1.807, 2.05) is 30.3 Å². The predicted octanol–water partition coefficient (Wildman–Crippen LogP) is 5.06. The standard InChI is InChI=1S/C19H14BrNO2/c1-12(22)13-8-10-14(11-9-13)21-19(23)17-6-2-5-16-15(17)4-3-7-18(16)20/h2-11H,1H3,(H,21,23). The van der Waals surface area contributed by atoms with E-state index in [1.165, 1.54) is 6.92 Å². The van der Waals surface area contributed by atoms with E-state index in [0.29, 0.717) is 16.8 Å². The molecule has 0 aliphatic carbocycles. The van der Waals surface area contributed by atoms with E-state index in [1.54, 1.807) is 30.3 Å². The number of fused-ring (bicyclic) bond motifs is 1. The smallest absolute Gasteiger partial charge is 0.256 e. The van der Waals surface area contributed by atoms with Crippen molar-refractivity contribution >= 4 is 44.1 Å². The van der Waals surface area contributed by atoms with Gasteiger partial charge in [0.25, 0.3) is 5.91 Å². The number of anilines is 1. The van der Waals surface area contributed by atoms with Crippen LogP contribution in [0.1, 0.15) is 27.6 Å². The average molecular weight is 368 g/mol. The molecular weight excluding hydrogens is 354 g/mol. The van der Waals surface area contributed by atoms with E-state index in [0.717, 1.165) is 15.2 Å². The Morgan fingerprint density at radius 1 is 0.870 bits per heavy atom. The van der Waals surface area contributed by atoms with Crippen LogP contribution in [0, 0.1) is 0 Å². The molecule has 0 spiro atoms. The molecular formula is C19H14BrNO2. The number of carbonyl (C=O) groups excluding carboxylic acids is 2. The summed E-state index contributed by atoms with van der Waals surface area (Å²) in [6.07, 6.45) is 0. The molecule has 0 saturated heterocycles. The third-order valence-electron chi connectivity index (χ3n) is 3.66. The van der Waals surface area contributed by atoms with Crippen molar-refractivity contribution in [2.75, 3.05) is 5.32 Å². The summed E-state index contributed by atoms with van der Waals surface area (Å²) in [5.74, 6) is -0.175. The van der Waals surface area contributed by atoms with Crippen LogP contribution in [0.5, 0.6) is 0 Å². The largest absolute Gasteiger partial charge is 0.322 e. The van der Waals surface area contributed by atoms with Gasteiger partial charge in [-0.3, -0.25) is 9.59 Å². The Morgan fingerprint density at radius 2 is 1.52 bits per heavy atom. The van der Waals surface area contributed by atoms with E-state index >= 15 is 0 Å². The second-order valence-electron chi connectivity index (χ2n) is 5.23. The molecule has 1 N–H and O–H groups in total. The molecule has 0 saturated carbocycles. The zero-order valence-corrected chi connectivity index (χ0v) is 14.1. The van der Waals surface area contributed by atoms with Crippen LogP contribution in [0.25, 0.3) is 10.8 Å². The molecule has 1 amide bonds. The first kappa shape index (κ1) is 15.4. The number of hydrogen-bond donors (Lipinski definition) is 1. The Hall–Kier alpha value is -2.46. The Kier molecular flexibility index (Phi) is 4.26. The molecule has 0 bridgehead atoms. The van der Waals surface area contributed by atoms with Gasteiger partial charge in [-0.25, -0.2) is 0 Å². The van der Waals surface area contributed by atoms with Crippen molar-refractivity contribution in [2.45, 2.75) is 6.92 Å². The van der Waals surface area contributed by atoms with Crippen LogP contribution in [-0.4, -0.2) is 11.7 Å². The molecule has 0 aromatic heterocycles. The van der Waals surface area contributed by atoms with Gasteiger partial charge in [0.15, 0.2) is 5.78 Å². The molecule has 114 valence electrons. The summed E-state index contributed by atoms with van der Waals surface area (Å²) in [4.78, 5) is 23.9. The minimum absolute atomic E-state index is 0.00165. The van der Waals surface area contributed by atoms with Crippen molar-refractivity contribution in [3.8, 4) is 0 Å². The summed E-state index contributed by atoms with van der Waals surface area (Å²) in [7, 11) is 0. The van der Waals surface area contributed by atoms with E-state index in [2.05, 4.69) is 21.2 Å². The van der Waals surface area contributed by atoms with Crippen molar-refractivity contribution in [1.29, 1.82) is 0 Å². The quantitative estimate of drug-likeness (QED) is 0.657. The van der Waals surface area contributed by atoms with Crippen LogP contribution in [0.4, 0.5) is 5.69 Å². The predicted molar refractivity (Wildman–Crippen MR) is 96.0 cm³/mol. The lowest BCUT2D eigenvalue weighted by Gasteiger charge is -2.09. The monoisotopic (exact) mass is 367 g/mol. The maximum Gasteiger partial charge on any atom is 0.256 e. The molecule has 0 aliphatic rings. The van der Waals surface area contributed by atoms with Crippen LogP contribution in [0.3, 0.4) is 0 Å². The van der Waals surface area contributed by atoms with E-state index in [-0.39, 0.29) is 11.7 Å². The fourth-order valence-electron chi connectivity index (χ4n) is 2.46. The molecule has 0 aliphatic heterocycles. The second kappa shape index (κ2) is 6.34. The topological polar surface area (TPSA) is 46.2 Å². The Morgan fingerprint density at radius 3 is 2.22 bits per heavy atom. The molecule has 3 nitrogen and oxygen atoms in total. The number of rotatable bonds is 3. The molecule has 0 heterocycles. The van der Waals surface area contributed by atoms with Crippen molar-refractivity contribution in [1.82, 2.24) is 0 Å². The number of Topliss-reactive ketones (excluding diaryl/α,β-unsaturated/α-hetero) is 1. The minimum Gasteiger partial charge on any atom is -0.322 e. The van der Waals surface area contributed by atoms with Crippen molar-refractivity contribution < 1.29 is 9.59 Å². The SMILES string of the molecule is CC(=O)c1ccc(NC(=O)c2cccc3c(Br)cccc23)cc1. The Labute approximate surface area is 142 Å². The van der Waals surface area contributed by atoms with Crippen molar-refractivity contribution in [3.05, 3.63) is 76.3 Å². The van der Waals surface area contributed by atoms with Crippen LogP contribution in [-0.2, 0) is 0 Å². The average Bonchev–Trinajstić information content (AvgIpc) is 2.55. The maximum absolute atomic E-state index is 12.6. The number of benzene rings is 3. The summed E-state index contributed by atoms with van der Waals surface area (Å²) in [5.41, 5.74) is 1.89. The number of hydrogen-bond acceptors (Lipinski definition) is 2. The number of halogens is 1. The summed E-state index contributed by atoms with van der Waals surface area (Å²) in [5, 5.41) is 4.75. The maximum atomic E-state index is 12.6. The third kappa shape index (κ3) is 3.17. The first-order valence-electron chi connectivity index (χ1n) is 7.16. The third-order valence-corrected chi connectivity index (χ3v) is 4.35. The second-order valence-corrected chi connectivity index (χ2v) is 6.08. The zero-order valence-electron chi connectivity index (χ0n) is 12.5. The summed E-state index contributed by atoms with van der Waals surface area (Å²) >= 11 is 3.50. The summed E-state index contributed by atoms with van der Waals surface area (Å²) in [6.45, 7) is 1.52. The molecule has 3 rings (SSSR count). The molecule has 0 unspecified atom stereocenters. The van der Waals surface area contributed by atoms with Gasteiger partial charge in [-0.2, -0.15) is 0 Å². The van der Waals surface area contributed by atoms with Crippen LogP contribution < -0.4 is 5.32 Å². The highest BCUT2D eigenvalue weighted by atomic mass is 79.9. The Bertz CT molecular complexity index is 901. The van der Waals surface area contributed by atoms with Crippen molar-refractivity contribution in [3.63, 3.8) is 0 Å². The van der Waals surface area contributed by atoms with Gasteiger partial charge in [-0.15, -0.1) is 0 Å². The van der Waals surface area contributed by atoms with E-state index < -0.39 is 0 Å². The molecule has 0 atom stereocenters. The normalized spacial score (nSPS) is 10.5. The summed E-state index contributed by atoms with van der Waals surface area (Å²) < 4.78 is 0.954. The molecule has 0 radical (unpaired) electrons. The van der Waals surface area contributed by atoms with Crippen LogP contribution in [0.2, 0.25) is 0 Å². The number of amides is 1. The van der Waals surface area contributed by atoms with Crippen LogP contribution in [0.15, 0.2) is 65.1 Å². The van der Waals surface area contributed by atoms with Crippen LogP contribution >= 0.6 is 15.9 Å². The van der Waals surface area contributed by atoms with Gasteiger partial charge in [0.2, 0.25) is 0 Å². The molecule has 3 aromatic rings. The first-order valence-corrected chi connectivity index (χ1v) is 7.95. The van der Waals surface area contributed by atoms with Gasteiger partial charge in [0.1, 0.15) is 0 Å². The number of nitrogens with one attached hydrogen (secondary N) is 1. The fraction of sp³-hybridized carbons (Fsp3) is 0.0526. The lowest BCUT2D eigenvalue weighted by Crippen LogP contribution is -2.12. The number of ketones is 1. The summed E-state index contributed by atoms with van der Waals surface area (Å²) in [6, 6.07) is 18.3. The van der Waals surface area contributed by atoms with Gasteiger partial charge in [0.05, 0.1) is 0 Å². The van der Waals surface area contributed by atoms with Gasteiger partial charge in [0, 0.05) is 21.3 Å². The lowest BCUT2D eigenvalue weighted by molar-refractivity contribution is 0.101. The fourth-order valence-corrected chi connectivity index (χ4v) is 2.95. The molecule has 4 heteroatoms. The zero-order chi connectivity index (χ0) is 16.4. The Balaban J connectivity index is 1.92. The van der Waals surface area contributed by atoms with Gasteiger partial charge >= 0.3 is 0 Å². The van der Waals surface area contributed by atoms with Crippen molar-refractivity contribution in [2.24, 2.45) is 0 Å². The van der Waals surface area contributed by atoms with E-state index in [4.69, 9.17) is 0 Å². The van der Waals surface area contributed by atoms with Gasteiger partial charge < -0.3 is 5.32 Å².